The van der Waals surface area contributed by atoms with E-state index in [9.17, 15) is 0 Å². The van der Waals surface area contributed by atoms with Crippen molar-refractivity contribution in [3.63, 3.8) is 0 Å². The average Bonchev–Trinajstić information content (AvgIpc) is 2.03. The highest BCUT2D eigenvalue weighted by Gasteiger charge is 2.19. The molecular weight excluding hydrogens is 174 g/mol. The lowest BCUT2D eigenvalue weighted by Gasteiger charge is -2.32. The molecule has 0 radical (unpaired) electrons. The van der Waals surface area contributed by atoms with E-state index in [0.29, 0.717) is 5.88 Å². The Balaban J connectivity index is 2.25. The molecule has 1 aliphatic rings. The van der Waals surface area contributed by atoms with Crippen molar-refractivity contribution in [3.05, 3.63) is 0 Å². The van der Waals surface area contributed by atoms with Crippen LogP contribution in [0.2, 0.25) is 0 Å². The quantitative estimate of drug-likeness (QED) is 0.629. The van der Waals surface area contributed by atoms with E-state index in [0.717, 1.165) is 32.2 Å². The van der Waals surface area contributed by atoms with Gasteiger partial charge in [0.25, 0.3) is 0 Å². The molecule has 12 heavy (non-hydrogen) atoms. The zero-order valence-corrected chi connectivity index (χ0v) is 8.68. The fourth-order valence-corrected chi connectivity index (χ4v) is 1.74. The molecule has 72 valence electrons. The maximum absolute atomic E-state index is 5.73. The Morgan fingerprint density at radius 2 is 2.33 bits per heavy atom. The van der Waals surface area contributed by atoms with Crippen molar-refractivity contribution >= 4 is 11.6 Å². The van der Waals surface area contributed by atoms with Crippen LogP contribution >= 0.6 is 11.6 Å². The first kappa shape index (κ1) is 10.3. The normalized spacial score (nSPS) is 26.5. The fourth-order valence-electron chi connectivity index (χ4n) is 1.56. The number of hydrogen-bond acceptors (Lipinski definition) is 2. The van der Waals surface area contributed by atoms with Gasteiger partial charge in [0.2, 0.25) is 0 Å². The van der Waals surface area contributed by atoms with E-state index >= 15 is 0 Å². The Morgan fingerprint density at radius 3 is 2.92 bits per heavy atom. The van der Waals surface area contributed by atoms with Crippen molar-refractivity contribution in [2.75, 3.05) is 32.1 Å². The Hall–Kier alpha value is 0.210. The summed E-state index contributed by atoms with van der Waals surface area (Å²) >= 11 is 5.73. The minimum Gasteiger partial charge on any atom is -0.374 e. The van der Waals surface area contributed by atoms with Gasteiger partial charge in [-0.1, -0.05) is 13.8 Å². The second-order valence-electron chi connectivity index (χ2n) is 3.80. The Kier molecular flexibility index (Phi) is 4.33. The summed E-state index contributed by atoms with van der Waals surface area (Å²) in [6.45, 7) is 8.55. The summed E-state index contributed by atoms with van der Waals surface area (Å²) in [4.78, 5) is 2.43. The molecule has 0 aromatic carbocycles. The van der Waals surface area contributed by atoms with E-state index in [1.54, 1.807) is 0 Å². The van der Waals surface area contributed by atoms with Crippen LogP contribution in [0.25, 0.3) is 0 Å². The van der Waals surface area contributed by atoms with Gasteiger partial charge in [0.1, 0.15) is 0 Å². The number of rotatable bonds is 3. The van der Waals surface area contributed by atoms with E-state index in [4.69, 9.17) is 16.3 Å². The molecule has 1 fully saturated rings. The van der Waals surface area contributed by atoms with Gasteiger partial charge in [0.15, 0.2) is 0 Å². The smallest absolute Gasteiger partial charge is 0.0837 e. The number of nitrogens with zero attached hydrogens (tertiary/aromatic N) is 1. The van der Waals surface area contributed by atoms with Crippen LogP contribution in [0.4, 0.5) is 0 Å². The molecule has 0 unspecified atom stereocenters. The SMILES string of the molecule is CC(C)CN1CCO[C@H](CCl)C1. The Labute approximate surface area is 79.8 Å². The van der Waals surface area contributed by atoms with E-state index in [1.807, 2.05) is 0 Å². The summed E-state index contributed by atoms with van der Waals surface area (Å²) < 4.78 is 5.47. The molecule has 3 heteroatoms. The third-order valence-electron chi connectivity index (χ3n) is 2.02. The van der Waals surface area contributed by atoms with Gasteiger partial charge in [0.05, 0.1) is 12.7 Å². The zero-order valence-electron chi connectivity index (χ0n) is 7.92. The number of halogens is 1. The number of morpholine rings is 1. The summed E-state index contributed by atoms with van der Waals surface area (Å²) in [7, 11) is 0. The second kappa shape index (κ2) is 5.05. The van der Waals surface area contributed by atoms with Gasteiger partial charge in [-0.2, -0.15) is 0 Å². The number of ether oxygens (including phenoxy) is 1. The molecule has 2 nitrogen and oxygen atoms in total. The van der Waals surface area contributed by atoms with Crippen molar-refractivity contribution in [1.82, 2.24) is 4.90 Å². The molecular formula is C9H18ClNO. The standard InChI is InChI=1S/C9H18ClNO/c1-8(2)6-11-3-4-12-9(5-10)7-11/h8-9H,3-7H2,1-2H3/t9-/m1/s1. The molecule has 1 heterocycles. The lowest BCUT2D eigenvalue weighted by molar-refractivity contribution is -0.0198. The zero-order chi connectivity index (χ0) is 8.97. The molecule has 1 rings (SSSR count). The monoisotopic (exact) mass is 191 g/mol. The Bertz CT molecular complexity index is 130. The lowest BCUT2D eigenvalue weighted by atomic mass is 10.2. The highest BCUT2D eigenvalue weighted by atomic mass is 35.5. The summed E-state index contributed by atoms with van der Waals surface area (Å²) in [5.74, 6) is 1.35. The van der Waals surface area contributed by atoms with Gasteiger partial charge < -0.3 is 4.74 Å². The minimum absolute atomic E-state index is 0.249. The summed E-state index contributed by atoms with van der Waals surface area (Å²) in [6, 6.07) is 0. The minimum atomic E-state index is 0.249. The highest BCUT2D eigenvalue weighted by molar-refractivity contribution is 6.18. The van der Waals surface area contributed by atoms with Crippen LogP contribution in [-0.2, 0) is 4.74 Å². The molecule has 0 saturated carbocycles. The van der Waals surface area contributed by atoms with Crippen molar-refractivity contribution in [1.29, 1.82) is 0 Å². The average molecular weight is 192 g/mol. The fraction of sp³-hybridized carbons (Fsp3) is 1.00. The van der Waals surface area contributed by atoms with Crippen LogP contribution in [0.3, 0.4) is 0 Å². The van der Waals surface area contributed by atoms with E-state index < -0.39 is 0 Å². The number of hydrogen-bond donors (Lipinski definition) is 0. The second-order valence-corrected chi connectivity index (χ2v) is 4.11. The third kappa shape index (κ3) is 3.30. The molecule has 1 aliphatic heterocycles. The van der Waals surface area contributed by atoms with Crippen LogP contribution < -0.4 is 0 Å². The topological polar surface area (TPSA) is 12.5 Å². The maximum Gasteiger partial charge on any atom is 0.0837 e. The predicted molar refractivity (Wildman–Crippen MR) is 51.7 cm³/mol. The molecule has 0 aromatic heterocycles. The summed E-state index contributed by atoms with van der Waals surface area (Å²) in [5, 5.41) is 0. The van der Waals surface area contributed by atoms with Crippen molar-refractivity contribution < 1.29 is 4.74 Å². The first-order valence-electron chi connectivity index (χ1n) is 4.62. The molecule has 0 aromatic rings. The molecule has 0 amide bonds. The van der Waals surface area contributed by atoms with Crippen molar-refractivity contribution in [3.8, 4) is 0 Å². The van der Waals surface area contributed by atoms with Gasteiger partial charge in [-0.05, 0) is 5.92 Å². The highest BCUT2D eigenvalue weighted by Crippen LogP contribution is 2.08. The van der Waals surface area contributed by atoms with E-state index in [2.05, 4.69) is 18.7 Å². The van der Waals surface area contributed by atoms with Crippen LogP contribution in [0.1, 0.15) is 13.8 Å². The van der Waals surface area contributed by atoms with Gasteiger partial charge >= 0.3 is 0 Å². The predicted octanol–water partition coefficient (Wildman–Crippen LogP) is 1.58. The Morgan fingerprint density at radius 1 is 1.58 bits per heavy atom. The van der Waals surface area contributed by atoms with Crippen LogP contribution in [0.5, 0.6) is 0 Å². The first-order valence-corrected chi connectivity index (χ1v) is 5.15. The molecule has 0 aliphatic carbocycles. The largest absolute Gasteiger partial charge is 0.374 e. The maximum atomic E-state index is 5.73. The lowest BCUT2D eigenvalue weighted by Crippen LogP contribution is -2.44. The molecule has 0 N–H and O–H groups in total. The van der Waals surface area contributed by atoms with Crippen molar-refractivity contribution in [2.24, 2.45) is 5.92 Å². The van der Waals surface area contributed by atoms with Gasteiger partial charge in [-0.15, -0.1) is 11.6 Å². The van der Waals surface area contributed by atoms with Gasteiger partial charge in [-0.3, -0.25) is 4.90 Å². The molecule has 0 spiro atoms. The first-order chi connectivity index (χ1) is 5.72. The van der Waals surface area contributed by atoms with E-state index in [-0.39, 0.29) is 6.10 Å². The van der Waals surface area contributed by atoms with Crippen LogP contribution in [0.15, 0.2) is 0 Å². The van der Waals surface area contributed by atoms with Gasteiger partial charge in [-0.25, -0.2) is 0 Å². The van der Waals surface area contributed by atoms with Gasteiger partial charge in [0, 0.05) is 25.5 Å². The molecule has 0 bridgehead atoms. The summed E-state index contributed by atoms with van der Waals surface area (Å²) in [6.07, 6.45) is 0.249. The van der Waals surface area contributed by atoms with E-state index in [1.165, 1.54) is 0 Å². The third-order valence-corrected chi connectivity index (χ3v) is 2.36. The van der Waals surface area contributed by atoms with Crippen LogP contribution in [-0.4, -0.2) is 43.1 Å². The van der Waals surface area contributed by atoms with Crippen LogP contribution in [0, 0.1) is 5.92 Å². The van der Waals surface area contributed by atoms with Crippen molar-refractivity contribution in [2.45, 2.75) is 20.0 Å². The summed E-state index contributed by atoms with van der Waals surface area (Å²) in [5.41, 5.74) is 0. The number of alkyl halides is 1. The molecule has 1 atom stereocenters. The molecule has 1 saturated heterocycles.